The third kappa shape index (κ3) is 4.48. The first-order chi connectivity index (χ1) is 15.4. The van der Waals surface area contributed by atoms with E-state index in [0.717, 1.165) is 16.8 Å². The molecule has 1 N–H and O–H groups in total. The summed E-state index contributed by atoms with van der Waals surface area (Å²) in [4.78, 5) is 12.9. The maximum absolute atomic E-state index is 13.1. The van der Waals surface area contributed by atoms with Gasteiger partial charge >= 0.3 is 0 Å². The second-order valence-electron chi connectivity index (χ2n) is 7.80. The Hall–Kier alpha value is -3.32. The number of carbonyl (C=O) groups excluding carboxylic acids is 1. The van der Waals surface area contributed by atoms with Crippen LogP contribution in [0.4, 0.5) is 11.4 Å². The zero-order valence-electron chi connectivity index (χ0n) is 18.1. The van der Waals surface area contributed by atoms with Crippen LogP contribution >= 0.6 is 0 Å². The van der Waals surface area contributed by atoms with E-state index in [-0.39, 0.29) is 10.8 Å². The molecule has 4 rings (SSSR count). The van der Waals surface area contributed by atoms with Crippen LogP contribution in [0.25, 0.3) is 0 Å². The van der Waals surface area contributed by atoms with Crippen LogP contribution in [0, 0.1) is 6.92 Å². The fraction of sp³-hybridized carbons (Fsp3) is 0.240. The van der Waals surface area contributed by atoms with Gasteiger partial charge in [0.2, 0.25) is 0 Å². The van der Waals surface area contributed by atoms with Crippen LogP contribution in [0.15, 0.2) is 77.7 Å². The van der Waals surface area contributed by atoms with Crippen molar-refractivity contribution in [3.8, 4) is 5.75 Å². The molecule has 6 nitrogen and oxygen atoms in total. The van der Waals surface area contributed by atoms with Gasteiger partial charge in [0.05, 0.1) is 10.6 Å². The molecule has 166 valence electrons. The van der Waals surface area contributed by atoms with Gasteiger partial charge in [0, 0.05) is 12.2 Å². The highest BCUT2D eigenvalue weighted by molar-refractivity contribution is 7.92. The Morgan fingerprint density at radius 1 is 1.03 bits per heavy atom. The number of fused-ring (bicyclic) bond motifs is 1. The average molecular weight is 451 g/mol. The van der Waals surface area contributed by atoms with E-state index in [2.05, 4.69) is 5.32 Å². The number of para-hydroxylation sites is 1. The fourth-order valence-corrected chi connectivity index (χ4v) is 5.22. The summed E-state index contributed by atoms with van der Waals surface area (Å²) in [6, 6.07) is 21.3. The minimum atomic E-state index is -3.67. The number of rotatable bonds is 7. The summed E-state index contributed by atoms with van der Waals surface area (Å²) >= 11 is 0. The van der Waals surface area contributed by atoms with Gasteiger partial charge in [-0.2, -0.15) is 0 Å². The molecule has 3 aromatic rings. The van der Waals surface area contributed by atoms with Gasteiger partial charge < -0.3 is 10.1 Å². The smallest absolute Gasteiger partial charge is 0.265 e. The van der Waals surface area contributed by atoms with Crippen molar-refractivity contribution in [3.63, 3.8) is 0 Å². The van der Waals surface area contributed by atoms with E-state index in [0.29, 0.717) is 30.8 Å². The molecule has 0 aromatic heterocycles. The van der Waals surface area contributed by atoms with Crippen LogP contribution in [0.5, 0.6) is 5.75 Å². The first-order valence-electron chi connectivity index (χ1n) is 10.6. The zero-order valence-corrected chi connectivity index (χ0v) is 18.9. The summed E-state index contributed by atoms with van der Waals surface area (Å²) in [5, 5.41) is 2.82. The third-order valence-electron chi connectivity index (χ3n) is 5.52. The molecule has 0 saturated carbocycles. The summed E-state index contributed by atoms with van der Waals surface area (Å²) in [6.45, 7) is 4.29. The second-order valence-corrected chi connectivity index (χ2v) is 9.66. The van der Waals surface area contributed by atoms with Gasteiger partial charge in [-0.3, -0.25) is 9.10 Å². The molecule has 1 aliphatic heterocycles. The van der Waals surface area contributed by atoms with Gasteiger partial charge in [-0.15, -0.1) is 0 Å². The number of aryl methyl sites for hydroxylation is 1. The van der Waals surface area contributed by atoms with Crippen molar-refractivity contribution in [1.82, 2.24) is 0 Å². The van der Waals surface area contributed by atoms with Gasteiger partial charge in [-0.05, 0) is 67.8 Å². The highest BCUT2D eigenvalue weighted by Gasteiger charge is 2.30. The largest absolute Gasteiger partial charge is 0.481 e. The van der Waals surface area contributed by atoms with Crippen molar-refractivity contribution in [2.24, 2.45) is 0 Å². The van der Waals surface area contributed by atoms with E-state index >= 15 is 0 Å². The van der Waals surface area contributed by atoms with Crippen LogP contribution in [0.2, 0.25) is 0 Å². The molecule has 1 heterocycles. The standard InChI is InChI=1S/C25H26N2O4S/c1-3-24(31-21-12-8-18(2)9-13-21)25(28)26-20-10-14-22(15-11-20)32(29,30)27-17-16-19-6-4-5-7-23(19)27/h4-15,24H,3,16-17H2,1-2H3,(H,26,28)/t24-/m1/s1. The highest BCUT2D eigenvalue weighted by atomic mass is 32.2. The van der Waals surface area contributed by atoms with Gasteiger partial charge in [0.15, 0.2) is 6.10 Å². The minimum absolute atomic E-state index is 0.190. The molecular weight excluding hydrogens is 424 g/mol. The van der Waals surface area contributed by atoms with Crippen LogP contribution in [0.1, 0.15) is 24.5 Å². The molecule has 0 unspecified atom stereocenters. The van der Waals surface area contributed by atoms with Crippen molar-refractivity contribution in [2.45, 2.75) is 37.7 Å². The molecule has 3 aromatic carbocycles. The molecule has 0 bridgehead atoms. The SMILES string of the molecule is CC[C@@H](Oc1ccc(C)cc1)C(=O)Nc1ccc(S(=O)(=O)N2CCc3ccccc32)cc1. The lowest BCUT2D eigenvalue weighted by Crippen LogP contribution is -2.32. The number of nitrogens with one attached hydrogen (secondary N) is 1. The normalized spacial score (nSPS) is 14.0. The van der Waals surface area contributed by atoms with E-state index in [1.165, 1.54) is 16.4 Å². The minimum Gasteiger partial charge on any atom is -0.481 e. The zero-order chi connectivity index (χ0) is 22.7. The molecule has 32 heavy (non-hydrogen) atoms. The summed E-state index contributed by atoms with van der Waals surface area (Å²) in [5.74, 6) is 0.349. The van der Waals surface area contributed by atoms with E-state index in [9.17, 15) is 13.2 Å². The molecule has 0 spiro atoms. The first kappa shape index (κ1) is 21.9. The third-order valence-corrected chi connectivity index (χ3v) is 7.34. The lowest BCUT2D eigenvalue weighted by atomic mass is 10.2. The molecule has 0 aliphatic carbocycles. The predicted octanol–water partition coefficient (Wildman–Crippen LogP) is 4.54. The number of anilines is 2. The molecule has 1 aliphatic rings. The van der Waals surface area contributed by atoms with E-state index in [1.54, 1.807) is 12.1 Å². The van der Waals surface area contributed by atoms with Crippen molar-refractivity contribution in [1.29, 1.82) is 0 Å². The molecule has 0 fully saturated rings. The number of sulfonamides is 1. The van der Waals surface area contributed by atoms with Crippen molar-refractivity contribution < 1.29 is 17.9 Å². The lowest BCUT2D eigenvalue weighted by Gasteiger charge is -2.20. The average Bonchev–Trinajstić information content (AvgIpc) is 3.24. The monoisotopic (exact) mass is 450 g/mol. The lowest BCUT2D eigenvalue weighted by molar-refractivity contribution is -0.122. The van der Waals surface area contributed by atoms with Crippen LogP contribution in [-0.4, -0.2) is 27.0 Å². The molecule has 7 heteroatoms. The van der Waals surface area contributed by atoms with E-state index in [1.807, 2.05) is 62.4 Å². The number of ether oxygens (including phenoxy) is 1. The maximum atomic E-state index is 13.1. The molecular formula is C25H26N2O4S. The van der Waals surface area contributed by atoms with Crippen molar-refractivity contribution in [2.75, 3.05) is 16.2 Å². The van der Waals surface area contributed by atoms with Crippen molar-refractivity contribution >= 4 is 27.3 Å². The number of hydrogen-bond acceptors (Lipinski definition) is 4. The summed E-state index contributed by atoms with van der Waals surface area (Å²) in [6.07, 6.45) is 0.547. The van der Waals surface area contributed by atoms with Crippen molar-refractivity contribution in [3.05, 3.63) is 83.9 Å². The molecule has 1 amide bonds. The topological polar surface area (TPSA) is 75.7 Å². The Morgan fingerprint density at radius 2 is 1.72 bits per heavy atom. The number of amides is 1. The molecule has 0 radical (unpaired) electrons. The Labute approximate surface area is 188 Å². The molecule has 1 atom stereocenters. The second kappa shape index (κ2) is 9.04. The summed E-state index contributed by atoms with van der Waals surface area (Å²) < 4.78 is 33.5. The van der Waals surface area contributed by atoms with E-state index in [4.69, 9.17) is 4.74 Å². The van der Waals surface area contributed by atoms with Gasteiger partial charge in [-0.1, -0.05) is 42.8 Å². The van der Waals surface area contributed by atoms with E-state index < -0.39 is 16.1 Å². The summed E-state index contributed by atoms with van der Waals surface area (Å²) in [5.41, 5.74) is 3.38. The van der Waals surface area contributed by atoms with Gasteiger partial charge in [-0.25, -0.2) is 8.42 Å². The highest BCUT2D eigenvalue weighted by Crippen LogP contribution is 2.32. The van der Waals surface area contributed by atoms with Crippen LogP contribution in [-0.2, 0) is 21.2 Å². The fourth-order valence-electron chi connectivity index (χ4n) is 3.72. The number of benzene rings is 3. The van der Waals surface area contributed by atoms with Gasteiger partial charge in [0.1, 0.15) is 5.75 Å². The molecule has 0 saturated heterocycles. The Kier molecular flexibility index (Phi) is 6.19. The Morgan fingerprint density at radius 3 is 2.41 bits per heavy atom. The maximum Gasteiger partial charge on any atom is 0.265 e. The number of carbonyl (C=O) groups is 1. The van der Waals surface area contributed by atoms with Crippen LogP contribution in [0.3, 0.4) is 0 Å². The first-order valence-corrected chi connectivity index (χ1v) is 12.1. The number of nitrogens with zero attached hydrogens (tertiary/aromatic N) is 1. The van der Waals surface area contributed by atoms with Crippen LogP contribution < -0.4 is 14.4 Å². The van der Waals surface area contributed by atoms with Gasteiger partial charge in [0.25, 0.3) is 15.9 Å². The summed E-state index contributed by atoms with van der Waals surface area (Å²) in [7, 11) is -3.67. The Balaban J connectivity index is 1.45. The number of hydrogen-bond donors (Lipinski definition) is 1. The quantitative estimate of drug-likeness (QED) is 0.573. The predicted molar refractivity (Wildman–Crippen MR) is 126 cm³/mol. The Bertz CT molecular complexity index is 1210.